The molecule has 3 unspecified atom stereocenters. The molecule has 8 heteroatoms. The molecule has 34 heavy (non-hydrogen) atoms. The molecule has 3 fully saturated rings. The monoisotopic (exact) mass is 465 g/mol. The van der Waals surface area contributed by atoms with Crippen LogP contribution in [0.4, 0.5) is 0 Å². The first-order valence-electron chi connectivity index (χ1n) is 12.8. The van der Waals surface area contributed by atoms with E-state index in [1.54, 1.807) is 4.57 Å². The fourth-order valence-corrected chi connectivity index (χ4v) is 5.83. The van der Waals surface area contributed by atoms with Crippen LogP contribution in [-0.4, -0.2) is 51.6 Å². The fourth-order valence-electron chi connectivity index (χ4n) is 5.83. The minimum absolute atomic E-state index is 0.0235. The normalized spacial score (nSPS) is 25.6. The molecule has 1 aromatic carbocycles. The second-order valence-corrected chi connectivity index (χ2v) is 9.98. The van der Waals surface area contributed by atoms with Gasteiger partial charge in [-0.3, -0.25) is 19.5 Å². The number of fused-ring (bicyclic) bond motifs is 1. The topological polar surface area (TPSA) is 99.2 Å². The number of H-pyrrole nitrogens is 1. The van der Waals surface area contributed by atoms with Crippen LogP contribution < -0.4 is 16.3 Å². The quantitative estimate of drug-likeness (QED) is 0.611. The van der Waals surface area contributed by atoms with Gasteiger partial charge in [-0.15, -0.1) is 0 Å². The van der Waals surface area contributed by atoms with E-state index < -0.39 is 0 Å². The molecule has 2 amide bonds. The third-order valence-electron chi connectivity index (χ3n) is 7.76. The Morgan fingerprint density at radius 3 is 2.56 bits per heavy atom. The number of piperidine rings is 1. The number of carbonyl (C=O) groups excluding carboxylic acids is 2. The Balaban J connectivity index is 1.08. The van der Waals surface area contributed by atoms with Crippen LogP contribution in [0.15, 0.2) is 41.3 Å². The Kier molecular flexibility index (Phi) is 6.85. The number of rotatable bonds is 6. The number of carbonyl (C=O) groups is 2. The maximum Gasteiger partial charge on any atom is 0.326 e. The molecule has 3 N–H and O–H groups in total. The van der Waals surface area contributed by atoms with Crippen LogP contribution >= 0.6 is 0 Å². The lowest BCUT2D eigenvalue weighted by Crippen LogP contribution is -2.62. The van der Waals surface area contributed by atoms with Crippen molar-refractivity contribution in [3.05, 3.63) is 47.0 Å². The van der Waals surface area contributed by atoms with Gasteiger partial charge in [0.15, 0.2) is 0 Å². The summed E-state index contributed by atoms with van der Waals surface area (Å²) in [6.07, 6.45) is 9.84. The van der Waals surface area contributed by atoms with Crippen molar-refractivity contribution >= 4 is 11.8 Å². The lowest BCUT2D eigenvalue weighted by Gasteiger charge is -2.40. The van der Waals surface area contributed by atoms with Gasteiger partial charge in [0.25, 0.3) is 0 Å². The number of aromatic amines is 1. The van der Waals surface area contributed by atoms with Crippen LogP contribution in [0.5, 0.6) is 0 Å². The van der Waals surface area contributed by atoms with E-state index in [9.17, 15) is 14.4 Å². The van der Waals surface area contributed by atoms with Gasteiger partial charge in [0.05, 0.1) is 17.8 Å². The molecule has 2 aliphatic heterocycles. The fraction of sp³-hybridized carbons (Fsp3) is 0.577. The standard InChI is InChI=1S/C26H35N5O3/c32-24(12-6-11-23-27-21-10-5-4-9-20(21)25(33)29-23)30-15-13-19(14-16-30)31-17-22(28-26(31)34)18-7-2-1-3-8-18/h1-3,7-8,17,19-21,23,27H,4-6,9-16H2,(H,28,34)(H,29,33). The summed E-state index contributed by atoms with van der Waals surface area (Å²) in [6.45, 7) is 1.34. The number of imidazole rings is 1. The van der Waals surface area contributed by atoms with Crippen LogP contribution in [0.3, 0.4) is 0 Å². The van der Waals surface area contributed by atoms with E-state index >= 15 is 0 Å². The Hall–Kier alpha value is -2.87. The van der Waals surface area contributed by atoms with Crippen molar-refractivity contribution in [1.82, 2.24) is 25.1 Å². The van der Waals surface area contributed by atoms with Crippen LogP contribution in [0.25, 0.3) is 11.3 Å². The first kappa shape index (κ1) is 22.9. The van der Waals surface area contributed by atoms with Gasteiger partial charge in [0.1, 0.15) is 0 Å². The van der Waals surface area contributed by atoms with Crippen molar-refractivity contribution < 1.29 is 9.59 Å². The summed E-state index contributed by atoms with van der Waals surface area (Å²) in [5, 5.41) is 6.69. The Bertz CT molecular complexity index is 1050. The molecule has 0 bridgehead atoms. The Morgan fingerprint density at radius 1 is 1.00 bits per heavy atom. The summed E-state index contributed by atoms with van der Waals surface area (Å²) in [7, 11) is 0. The molecule has 2 aromatic rings. The first-order valence-corrected chi connectivity index (χ1v) is 12.8. The van der Waals surface area contributed by atoms with Crippen LogP contribution in [-0.2, 0) is 9.59 Å². The SMILES string of the molecule is O=C1NC(CCCC(=O)N2CCC(n3cc(-c4ccccc4)[nH]c3=O)CC2)NC2CCCCC12. The molecule has 0 radical (unpaired) electrons. The molecule has 2 saturated heterocycles. The van der Waals surface area contributed by atoms with E-state index in [1.165, 1.54) is 6.42 Å². The minimum Gasteiger partial charge on any atom is -0.343 e. The minimum atomic E-state index is -0.0918. The van der Waals surface area contributed by atoms with Crippen molar-refractivity contribution in [2.45, 2.75) is 76.0 Å². The highest BCUT2D eigenvalue weighted by Gasteiger charge is 2.37. The van der Waals surface area contributed by atoms with Gasteiger partial charge >= 0.3 is 5.69 Å². The van der Waals surface area contributed by atoms with Crippen molar-refractivity contribution in [1.29, 1.82) is 0 Å². The molecule has 1 aromatic heterocycles. The smallest absolute Gasteiger partial charge is 0.326 e. The van der Waals surface area contributed by atoms with E-state index in [0.717, 1.165) is 56.2 Å². The van der Waals surface area contributed by atoms with Crippen LogP contribution in [0.2, 0.25) is 0 Å². The van der Waals surface area contributed by atoms with Gasteiger partial charge in [0.2, 0.25) is 11.8 Å². The Morgan fingerprint density at radius 2 is 1.76 bits per heavy atom. The number of likely N-dealkylation sites (tertiary alicyclic amines) is 1. The summed E-state index contributed by atoms with van der Waals surface area (Å²) in [6, 6.07) is 10.2. The molecule has 0 spiro atoms. The third-order valence-corrected chi connectivity index (χ3v) is 7.76. The highest BCUT2D eigenvalue weighted by atomic mass is 16.2. The van der Waals surface area contributed by atoms with Crippen molar-refractivity contribution in [3.63, 3.8) is 0 Å². The zero-order valence-electron chi connectivity index (χ0n) is 19.7. The molecule has 1 aliphatic carbocycles. The van der Waals surface area contributed by atoms with Gasteiger partial charge in [-0.25, -0.2) is 4.79 Å². The van der Waals surface area contributed by atoms with Gasteiger partial charge in [-0.2, -0.15) is 0 Å². The number of hydrogen-bond acceptors (Lipinski definition) is 4. The van der Waals surface area contributed by atoms with Gasteiger partial charge in [0, 0.05) is 37.8 Å². The summed E-state index contributed by atoms with van der Waals surface area (Å²) in [4.78, 5) is 42.6. The van der Waals surface area contributed by atoms with Crippen molar-refractivity contribution in [2.75, 3.05) is 13.1 Å². The number of nitrogens with one attached hydrogen (secondary N) is 3. The largest absolute Gasteiger partial charge is 0.343 e. The number of benzene rings is 1. The van der Waals surface area contributed by atoms with E-state index in [2.05, 4.69) is 15.6 Å². The summed E-state index contributed by atoms with van der Waals surface area (Å²) < 4.78 is 1.79. The van der Waals surface area contributed by atoms with Crippen molar-refractivity contribution in [3.8, 4) is 11.3 Å². The average molecular weight is 466 g/mol. The molecule has 5 rings (SSSR count). The molecule has 182 valence electrons. The predicted octanol–water partition coefficient (Wildman–Crippen LogP) is 2.78. The highest BCUT2D eigenvalue weighted by Crippen LogP contribution is 2.28. The molecule has 3 atom stereocenters. The predicted molar refractivity (Wildman–Crippen MR) is 130 cm³/mol. The van der Waals surface area contributed by atoms with Crippen molar-refractivity contribution in [2.24, 2.45) is 5.92 Å². The number of amides is 2. The van der Waals surface area contributed by atoms with E-state index in [1.807, 2.05) is 41.4 Å². The molecular weight excluding hydrogens is 430 g/mol. The Labute approximate surface area is 200 Å². The van der Waals surface area contributed by atoms with Crippen LogP contribution in [0.1, 0.15) is 63.8 Å². The zero-order chi connectivity index (χ0) is 23.5. The summed E-state index contributed by atoms with van der Waals surface area (Å²) in [5.41, 5.74) is 1.73. The number of hydrogen-bond donors (Lipinski definition) is 3. The zero-order valence-corrected chi connectivity index (χ0v) is 19.7. The van der Waals surface area contributed by atoms with E-state index in [0.29, 0.717) is 25.6 Å². The highest BCUT2D eigenvalue weighted by molar-refractivity contribution is 5.80. The lowest BCUT2D eigenvalue weighted by atomic mass is 9.82. The second kappa shape index (κ2) is 10.2. The first-order chi connectivity index (χ1) is 16.6. The van der Waals surface area contributed by atoms with Gasteiger partial charge in [-0.1, -0.05) is 43.2 Å². The summed E-state index contributed by atoms with van der Waals surface area (Å²) in [5.74, 6) is 0.462. The number of aromatic nitrogens is 2. The summed E-state index contributed by atoms with van der Waals surface area (Å²) >= 11 is 0. The lowest BCUT2D eigenvalue weighted by molar-refractivity contribution is -0.132. The maximum atomic E-state index is 12.8. The molecule has 8 nitrogen and oxygen atoms in total. The maximum absolute atomic E-state index is 12.8. The molecule has 3 heterocycles. The second-order valence-electron chi connectivity index (χ2n) is 9.98. The van der Waals surface area contributed by atoms with Gasteiger partial charge in [-0.05, 0) is 44.1 Å². The third kappa shape index (κ3) is 4.97. The van der Waals surface area contributed by atoms with Crippen LogP contribution in [0, 0.1) is 5.92 Å². The number of nitrogens with zero attached hydrogens (tertiary/aromatic N) is 2. The van der Waals surface area contributed by atoms with E-state index in [-0.39, 0.29) is 35.6 Å². The molecule has 3 aliphatic rings. The molecular formula is C26H35N5O3. The molecule has 1 saturated carbocycles. The average Bonchev–Trinajstić information content (AvgIpc) is 3.26. The van der Waals surface area contributed by atoms with E-state index in [4.69, 9.17) is 0 Å². The van der Waals surface area contributed by atoms with Gasteiger partial charge < -0.3 is 15.2 Å².